The Bertz CT molecular complexity index is 449. The van der Waals surface area contributed by atoms with Crippen molar-refractivity contribution >= 4 is 36.6 Å². The third-order valence-electron chi connectivity index (χ3n) is 3.41. The predicted molar refractivity (Wildman–Crippen MR) is 88.4 cm³/mol. The van der Waals surface area contributed by atoms with Crippen molar-refractivity contribution in [2.24, 2.45) is 0 Å². The van der Waals surface area contributed by atoms with E-state index in [4.69, 9.17) is 0 Å². The number of halogens is 2. The van der Waals surface area contributed by atoms with Gasteiger partial charge in [-0.1, -0.05) is 0 Å². The molecule has 1 aliphatic rings. The molecule has 0 unspecified atom stereocenters. The van der Waals surface area contributed by atoms with Crippen molar-refractivity contribution in [3.8, 4) is 0 Å². The summed E-state index contributed by atoms with van der Waals surface area (Å²) >= 11 is 0. The Labute approximate surface area is 142 Å². The quantitative estimate of drug-likeness (QED) is 0.810. The van der Waals surface area contributed by atoms with Gasteiger partial charge in [0.15, 0.2) is 0 Å². The van der Waals surface area contributed by atoms with Crippen LogP contribution in [-0.2, 0) is 16.1 Å². The summed E-state index contributed by atoms with van der Waals surface area (Å²) in [5, 5.41) is 3.20. The number of rotatable bonds is 5. The highest BCUT2D eigenvalue weighted by Gasteiger charge is 2.19. The number of hydrogen-bond acceptors (Lipinski definition) is 4. The molecule has 126 valence electrons. The van der Waals surface area contributed by atoms with Crippen LogP contribution in [0.15, 0.2) is 18.7 Å². The highest BCUT2D eigenvalue weighted by molar-refractivity contribution is 5.86. The number of nitrogens with zero attached hydrogens (tertiary/aromatic N) is 4. The SMILES string of the molecule is CN(CC(=O)N1CCNCC1)C(=O)CCn1ccnc1.Cl.Cl. The molecule has 9 heteroatoms. The van der Waals surface area contributed by atoms with E-state index in [0.29, 0.717) is 13.0 Å². The minimum absolute atomic E-state index is 0. The molecular weight excluding hydrogens is 329 g/mol. The Kier molecular flexibility index (Phi) is 9.80. The van der Waals surface area contributed by atoms with Crippen LogP contribution >= 0.6 is 24.8 Å². The first kappa shape index (κ1) is 20.7. The highest BCUT2D eigenvalue weighted by atomic mass is 35.5. The molecule has 1 fully saturated rings. The Morgan fingerprint density at radius 2 is 1.95 bits per heavy atom. The van der Waals surface area contributed by atoms with Gasteiger partial charge in [-0.2, -0.15) is 0 Å². The Morgan fingerprint density at radius 3 is 2.55 bits per heavy atom. The molecule has 7 nitrogen and oxygen atoms in total. The number of piperazine rings is 1. The number of carbonyl (C=O) groups is 2. The summed E-state index contributed by atoms with van der Waals surface area (Å²) in [7, 11) is 1.68. The van der Waals surface area contributed by atoms with E-state index in [1.165, 1.54) is 4.90 Å². The van der Waals surface area contributed by atoms with Crippen LogP contribution in [0.25, 0.3) is 0 Å². The maximum atomic E-state index is 12.0. The molecule has 1 N–H and O–H groups in total. The van der Waals surface area contributed by atoms with E-state index in [-0.39, 0.29) is 43.2 Å². The lowest BCUT2D eigenvalue weighted by Crippen LogP contribution is -2.49. The molecule has 0 aromatic carbocycles. The Hall–Kier alpha value is -1.31. The van der Waals surface area contributed by atoms with Crippen molar-refractivity contribution in [1.29, 1.82) is 0 Å². The smallest absolute Gasteiger partial charge is 0.242 e. The number of hydrogen-bond donors (Lipinski definition) is 1. The van der Waals surface area contributed by atoms with Gasteiger partial charge in [0.25, 0.3) is 0 Å². The number of aryl methyl sites for hydroxylation is 1. The van der Waals surface area contributed by atoms with Crippen molar-refractivity contribution in [3.63, 3.8) is 0 Å². The van der Waals surface area contributed by atoms with Crippen molar-refractivity contribution in [3.05, 3.63) is 18.7 Å². The molecule has 1 aliphatic heterocycles. The standard InChI is InChI=1S/C13H21N5O2.2ClH/c1-16(10-13(20)18-8-4-14-5-9-18)12(19)2-6-17-7-3-15-11-17;;/h3,7,11,14H,2,4-6,8-10H2,1H3;2*1H. The number of imidazole rings is 1. The fraction of sp³-hybridized carbons (Fsp3) is 0.615. The van der Waals surface area contributed by atoms with Gasteiger partial charge in [-0.05, 0) is 0 Å². The molecule has 0 aliphatic carbocycles. The van der Waals surface area contributed by atoms with E-state index in [9.17, 15) is 9.59 Å². The monoisotopic (exact) mass is 351 g/mol. The van der Waals surface area contributed by atoms with Gasteiger partial charge in [-0.3, -0.25) is 9.59 Å². The van der Waals surface area contributed by atoms with Crippen LogP contribution in [0.2, 0.25) is 0 Å². The molecule has 0 atom stereocenters. The lowest BCUT2D eigenvalue weighted by atomic mass is 10.3. The van der Waals surface area contributed by atoms with Gasteiger partial charge < -0.3 is 19.7 Å². The average molecular weight is 352 g/mol. The van der Waals surface area contributed by atoms with E-state index in [1.807, 2.05) is 10.8 Å². The summed E-state index contributed by atoms with van der Waals surface area (Å²) < 4.78 is 1.85. The van der Waals surface area contributed by atoms with Crippen LogP contribution < -0.4 is 5.32 Å². The van der Waals surface area contributed by atoms with E-state index in [0.717, 1.165) is 26.2 Å². The maximum Gasteiger partial charge on any atom is 0.242 e. The molecular formula is C13H23Cl2N5O2. The summed E-state index contributed by atoms with van der Waals surface area (Å²) in [6.45, 7) is 3.83. The third kappa shape index (κ3) is 6.21. The third-order valence-corrected chi connectivity index (χ3v) is 3.41. The summed E-state index contributed by atoms with van der Waals surface area (Å²) in [6.07, 6.45) is 5.56. The fourth-order valence-corrected chi connectivity index (χ4v) is 2.14. The topological polar surface area (TPSA) is 70.5 Å². The van der Waals surface area contributed by atoms with Gasteiger partial charge in [0.05, 0.1) is 12.9 Å². The molecule has 2 amide bonds. The number of nitrogens with one attached hydrogen (secondary N) is 1. The van der Waals surface area contributed by atoms with Crippen LogP contribution in [0, 0.1) is 0 Å². The van der Waals surface area contributed by atoms with Crippen molar-refractivity contribution in [1.82, 2.24) is 24.7 Å². The van der Waals surface area contributed by atoms with Crippen molar-refractivity contribution in [2.75, 3.05) is 39.8 Å². The average Bonchev–Trinajstić information content (AvgIpc) is 2.98. The first-order valence-electron chi connectivity index (χ1n) is 6.85. The first-order valence-corrected chi connectivity index (χ1v) is 6.85. The minimum Gasteiger partial charge on any atom is -0.339 e. The number of carbonyl (C=O) groups excluding carboxylic acids is 2. The van der Waals surface area contributed by atoms with Crippen LogP contribution in [0.3, 0.4) is 0 Å². The molecule has 22 heavy (non-hydrogen) atoms. The Morgan fingerprint density at radius 1 is 1.27 bits per heavy atom. The predicted octanol–water partition coefficient (Wildman–Crippen LogP) is 0.00700. The van der Waals surface area contributed by atoms with Crippen LogP contribution in [0.5, 0.6) is 0 Å². The van der Waals surface area contributed by atoms with Gasteiger partial charge in [-0.15, -0.1) is 24.8 Å². The number of likely N-dealkylation sites (N-methyl/N-ethyl adjacent to an activating group) is 1. The van der Waals surface area contributed by atoms with Gasteiger partial charge in [-0.25, -0.2) is 4.98 Å². The van der Waals surface area contributed by atoms with Gasteiger partial charge in [0.2, 0.25) is 11.8 Å². The first-order chi connectivity index (χ1) is 9.66. The van der Waals surface area contributed by atoms with E-state index in [2.05, 4.69) is 10.3 Å². The molecule has 0 spiro atoms. The molecule has 0 saturated carbocycles. The van der Waals surface area contributed by atoms with Gasteiger partial charge in [0.1, 0.15) is 0 Å². The van der Waals surface area contributed by atoms with E-state index in [1.54, 1.807) is 24.5 Å². The zero-order valence-electron chi connectivity index (χ0n) is 12.6. The summed E-state index contributed by atoms with van der Waals surface area (Å²) in [4.78, 5) is 31.2. The van der Waals surface area contributed by atoms with E-state index < -0.39 is 0 Å². The zero-order chi connectivity index (χ0) is 14.4. The molecule has 1 saturated heterocycles. The van der Waals surface area contributed by atoms with Crippen molar-refractivity contribution < 1.29 is 9.59 Å². The second-order valence-corrected chi connectivity index (χ2v) is 4.93. The van der Waals surface area contributed by atoms with Crippen LogP contribution in [0.1, 0.15) is 6.42 Å². The summed E-state index contributed by atoms with van der Waals surface area (Å²) in [6, 6.07) is 0. The van der Waals surface area contributed by atoms with Crippen LogP contribution in [0.4, 0.5) is 0 Å². The highest BCUT2D eigenvalue weighted by Crippen LogP contribution is 1.99. The molecule has 2 rings (SSSR count). The molecule has 0 bridgehead atoms. The fourth-order valence-electron chi connectivity index (χ4n) is 2.14. The van der Waals surface area contributed by atoms with Gasteiger partial charge in [0, 0.05) is 58.6 Å². The van der Waals surface area contributed by atoms with Crippen molar-refractivity contribution in [2.45, 2.75) is 13.0 Å². The lowest BCUT2D eigenvalue weighted by molar-refractivity contribution is -0.139. The van der Waals surface area contributed by atoms with Crippen LogP contribution in [-0.4, -0.2) is 70.9 Å². The number of aromatic nitrogens is 2. The largest absolute Gasteiger partial charge is 0.339 e. The van der Waals surface area contributed by atoms with E-state index >= 15 is 0 Å². The molecule has 1 aromatic heterocycles. The zero-order valence-corrected chi connectivity index (χ0v) is 14.2. The lowest BCUT2D eigenvalue weighted by Gasteiger charge is -2.29. The maximum absolute atomic E-state index is 12.0. The normalized spacial score (nSPS) is 13.8. The van der Waals surface area contributed by atoms with Gasteiger partial charge >= 0.3 is 0 Å². The molecule has 2 heterocycles. The molecule has 0 radical (unpaired) electrons. The minimum atomic E-state index is -0.0258. The Balaban J connectivity index is 0.00000220. The second-order valence-electron chi connectivity index (χ2n) is 4.93. The summed E-state index contributed by atoms with van der Waals surface area (Å²) in [5.74, 6) is -0.00725. The second kappa shape index (κ2) is 10.4. The number of amides is 2. The molecule has 1 aromatic rings. The summed E-state index contributed by atoms with van der Waals surface area (Å²) in [5.41, 5.74) is 0.